The van der Waals surface area contributed by atoms with Gasteiger partial charge in [-0.3, -0.25) is 14.4 Å². The number of aliphatic carboxylic acids is 1. The molecule has 0 bridgehead atoms. The fourth-order valence-corrected chi connectivity index (χ4v) is 4.71. The van der Waals surface area contributed by atoms with Gasteiger partial charge in [0.15, 0.2) is 0 Å². The quantitative estimate of drug-likeness (QED) is 0.228. The molecular weight excluding hydrogens is 470 g/mol. The van der Waals surface area contributed by atoms with E-state index in [4.69, 9.17) is 14.8 Å². The molecule has 0 saturated carbocycles. The van der Waals surface area contributed by atoms with Crippen molar-refractivity contribution in [2.45, 2.75) is 19.3 Å². The summed E-state index contributed by atoms with van der Waals surface area (Å²) >= 11 is 0. The van der Waals surface area contributed by atoms with Gasteiger partial charge in [0.1, 0.15) is 5.75 Å². The number of carboxylic acid groups (broad SMARTS) is 1. The highest BCUT2D eigenvalue weighted by Gasteiger charge is 2.26. The van der Waals surface area contributed by atoms with E-state index >= 15 is 0 Å². The van der Waals surface area contributed by atoms with Crippen LogP contribution in [0.3, 0.4) is 0 Å². The summed E-state index contributed by atoms with van der Waals surface area (Å²) in [5.41, 5.74) is 3.20. The van der Waals surface area contributed by atoms with Crippen molar-refractivity contribution in [3.8, 4) is 5.75 Å². The van der Waals surface area contributed by atoms with Crippen molar-refractivity contribution in [3.05, 3.63) is 78.4 Å². The number of aromatic nitrogens is 1. The van der Waals surface area contributed by atoms with Crippen molar-refractivity contribution in [1.29, 1.82) is 0 Å². The van der Waals surface area contributed by atoms with E-state index in [0.717, 1.165) is 27.5 Å². The summed E-state index contributed by atoms with van der Waals surface area (Å²) in [6, 6.07) is 22.8. The number of carbonyl (C=O) groups is 3. The van der Waals surface area contributed by atoms with Crippen molar-refractivity contribution in [1.82, 2.24) is 9.88 Å². The van der Waals surface area contributed by atoms with Crippen LogP contribution in [-0.2, 0) is 9.59 Å². The summed E-state index contributed by atoms with van der Waals surface area (Å²) in [5.74, 6) is -0.965. The van der Waals surface area contributed by atoms with Crippen LogP contribution >= 0.6 is 0 Å². The van der Waals surface area contributed by atoms with Gasteiger partial charge in [0.25, 0.3) is 5.91 Å². The number of hydrogen-bond donors (Lipinski definition) is 1. The molecule has 0 radical (unpaired) electrons. The fourth-order valence-electron chi connectivity index (χ4n) is 4.71. The monoisotopic (exact) mass is 497 g/mol. The van der Waals surface area contributed by atoms with E-state index < -0.39 is 11.9 Å². The van der Waals surface area contributed by atoms with Crippen LogP contribution in [-0.4, -0.2) is 59.0 Å². The minimum absolute atomic E-state index is 0.00140. The molecule has 0 aliphatic carbocycles. The van der Waals surface area contributed by atoms with Gasteiger partial charge in [-0.25, -0.2) is 4.98 Å². The molecule has 0 spiro atoms. The summed E-state index contributed by atoms with van der Waals surface area (Å²) in [4.78, 5) is 45.2. The number of pyridine rings is 1. The molecule has 1 aromatic heterocycles. The van der Waals surface area contributed by atoms with E-state index in [1.165, 1.54) is 0 Å². The predicted octanol–water partition coefficient (Wildman–Crippen LogP) is 4.51. The van der Waals surface area contributed by atoms with E-state index in [-0.39, 0.29) is 25.2 Å². The largest absolute Gasteiger partial charge is 0.481 e. The van der Waals surface area contributed by atoms with Crippen molar-refractivity contribution in [2.75, 3.05) is 31.1 Å². The zero-order valence-electron chi connectivity index (χ0n) is 20.3. The van der Waals surface area contributed by atoms with E-state index in [2.05, 4.69) is 4.90 Å². The van der Waals surface area contributed by atoms with Gasteiger partial charge < -0.3 is 19.6 Å². The van der Waals surface area contributed by atoms with Crippen LogP contribution in [0.2, 0.25) is 0 Å². The second-order valence-corrected chi connectivity index (χ2v) is 9.02. The summed E-state index contributed by atoms with van der Waals surface area (Å²) in [7, 11) is 0. The maximum absolute atomic E-state index is 13.8. The first-order valence-electron chi connectivity index (χ1n) is 12.3. The molecule has 1 aliphatic rings. The third kappa shape index (κ3) is 5.38. The number of hydrogen-bond acceptors (Lipinski definition) is 6. The highest BCUT2D eigenvalue weighted by atomic mass is 16.5. The number of rotatable bonds is 7. The Kier molecular flexibility index (Phi) is 6.98. The van der Waals surface area contributed by atoms with Gasteiger partial charge in [-0.1, -0.05) is 42.5 Å². The first kappa shape index (κ1) is 24.2. The lowest BCUT2D eigenvalue weighted by atomic mass is 10.0. The number of esters is 1. The standard InChI is InChI=1S/C29H27N3O5/c33-26(34)13-6-14-27(35)37-21-8-5-7-20(19-21)31-15-17-32(18-16-31)29(36)28-22-9-1-3-11-24(22)30-25-12-4-2-10-23(25)28/h1-5,7-12,19H,6,13-18H2,(H,33,34). The molecule has 5 rings (SSSR count). The van der Waals surface area contributed by atoms with Crippen LogP contribution in [0.15, 0.2) is 72.8 Å². The third-order valence-corrected chi connectivity index (χ3v) is 6.55. The Hall–Kier alpha value is -4.46. The number of nitrogens with zero attached hydrogens (tertiary/aromatic N) is 3. The van der Waals surface area contributed by atoms with Crippen molar-refractivity contribution < 1.29 is 24.2 Å². The SMILES string of the molecule is O=C(O)CCCC(=O)Oc1cccc(N2CCN(C(=O)c3c4ccccc4nc4ccccc34)CC2)c1. The summed E-state index contributed by atoms with van der Waals surface area (Å²) in [6.45, 7) is 2.40. The average molecular weight is 498 g/mol. The van der Waals surface area contributed by atoms with Gasteiger partial charge in [0.05, 0.1) is 16.6 Å². The van der Waals surface area contributed by atoms with Gasteiger partial charge in [-0.2, -0.15) is 0 Å². The van der Waals surface area contributed by atoms with E-state index in [0.29, 0.717) is 37.5 Å². The molecule has 1 N–H and O–H groups in total. The summed E-state index contributed by atoms with van der Waals surface area (Å²) in [5, 5.41) is 10.4. The van der Waals surface area contributed by atoms with Crippen LogP contribution in [0.4, 0.5) is 5.69 Å². The fraction of sp³-hybridized carbons (Fsp3) is 0.241. The minimum Gasteiger partial charge on any atom is -0.481 e. The molecule has 1 fully saturated rings. The van der Waals surface area contributed by atoms with Crippen molar-refractivity contribution in [2.24, 2.45) is 0 Å². The third-order valence-electron chi connectivity index (χ3n) is 6.55. The van der Waals surface area contributed by atoms with Gasteiger partial charge in [-0.15, -0.1) is 0 Å². The zero-order valence-corrected chi connectivity index (χ0v) is 20.3. The number of amides is 1. The first-order chi connectivity index (χ1) is 18.0. The average Bonchev–Trinajstić information content (AvgIpc) is 2.91. The van der Waals surface area contributed by atoms with Gasteiger partial charge in [0, 0.05) is 61.5 Å². The lowest BCUT2D eigenvalue weighted by Gasteiger charge is -2.36. The van der Waals surface area contributed by atoms with Crippen molar-refractivity contribution >= 4 is 45.3 Å². The van der Waals surface area contributed by atoms with Crippen LogP contribution in [0, 0.1) is 0 Å². The molecule has 1 amide bonds. The number of para-hydroxylation sites is 2. The molecule has 8 nitrogen and oxygen atoms in total. The summed E-state index contributed by atoms with van der Waals surface area (Å²) < 4.78 is 5.40. The molecule has 3 aromatic carbocycles. The Labute approximate surface area is 214 Å². The first-order valence-corrected chi connectivity index (χ1v) is 12.3. The smallest absolute Gasteiger partial charge is 0.311 e. The molecule has 37 heavy (non-hydrogen) atoms. The number of benzene rings is 3. The molecule has 1 aliphatic heterocycles. The van der Waals surface area contributed by atoms with Crippen LogP contribution in [0.5, 0.6) is 5.75 Å². The normalized spacial score (nSPS) is 13.6. The Balaban J connectivity index is 1.28. The predicted molar refractivity (Wildman–Crippen MR) is 141 cm³/mol. The topological polar surface area (TPSA) is 100 Å². The number of carboxylic acids is 1. The molecular formula is C29H27N3O5. The molecule has 2 heterocycles. The highest BCUT2D eigenvalue weighted by molar-refractivity contribution is 6.16. The van der Waals surface area contributed by atoms with Crippen LogP contribution < -0.4 is 9.64 Å². The lowest BCUT2D eigenvalue weighted by Crippen LogP contribution is -2.48. The Bertz CT molecular complexity index is 1420. The zero-order chi connectivity index (χ0) is 25.8. The highest BCUT2D eigenvalue weighted by Crippen LogP contribution is 2.28. The summed E-state index contributed by atoms with van der Waals surface area (Å²) in [6.07, 6.45) is 0.227. The molecule has 8 heteroatoms. The Morgan fingerprint density at radius 3 is 2.11 bits per heavy atom. The van der Waals surface area contributed by atoms with Crippen LogP contribution in [0.1, 0.15) is 29.6 Å². The van der Waals surface area contributed by atoms with Gasteiger partial charge >= 0.3 is 11.9 Å². The molecule has 4 aromatic rings. The van der Waals surface area contributed by atoms with Crippen LogP contribution in [0.25, 0.3) is 21.8 Å². The maximum atomic E-state index is 13.8. The molecule has 1 saturated heterocycles. The van der Waals surface area contributed by atoms with Gasteiger partial charge in [-0.05, 0) is 30.7 Å². The number of fused-ring (bicyclic) bond motifs is 2. The van der Waals surface area contributed by atoms with Gasteiger partial charge in [0.2, 0.25) is 0 Å². The second-order valence-electron chi connectivity index (χ2n) is 9.02. The van der Waals surface area contributed by atoms with E-state index in [9.17, 15) is 14.4 Å². The molecule has 0 atom stereocenters. The minimum atomic E-state index is -0.933. The Morgan fingerprint density at radius 1 is 0.811 bits per heavy atom. The number of carbonyl (C=O) groups excluding carboxylic acids is 2. The maximum Gasteiger partial charge on any atom is 0.311 e. The van der Waals surface area contributed by atoms with E-state index in [1.807, 2.05) is 65.6 Å². The Morgan fingerprint density at radius 2 is 1.46 bits per heavy atom. The number of piperazine rings is 1. The van der Waals surface area contributed by atoms with Crippen molar-refractivity contribution in [3.63, 3.8) is 0 Å². The number of ether oxygens (including phenoxy) is 1. The lowest BCUT2D eigenvalue weighted by molar-refractivity contribution is -0.137. The number of anilines is 1. The van der Waals surface area contributed by atoms with E-state index in [1.54, 1.807) is 12.1 Å². The molecule has 0 unspecified atom stereocenters. The molecule has 188 valence electrons. The second kappa shape index (κ2) is 10.7.